The zero-order valence-electron chi connectivity index (χ0n) is 16.8. The Morgan fingerprint density at radius 1 is 1.22 bits per heavy atom. The van der Waals surface area contributed by atoms with Crippen molar-refractivity contribution in [3.05, 3.63) is 35.4 Å². The average Bonchev–Trinajstić information content (AvgIpc) is 3.39. The van der Waals surface area contributed by atoms with Crippen LogP contribution in [0.2, 0.25) is 0 Å². The van der Waals surface area contributed by atoms with Crippen LogP contribution in [0.3, 0.4) is 0 Å². The minimum Gasteiger partial charge on any atom is -0.381 e. The monoisotopic (exact) mass is 483 g/mol. The first kappa shape index (κ1) is 20.9. The highest BCUT2D eigenvalue weighted by molar-refractivity contribution is 14.0. The predicted octanol–water partition coefficient (Wildman–Crippen LogP) is 4.11. The molecule has 3 aliphatic rings. The molecule has 1 unspecified atom stereocenters. The summed E-state index contributed by atoms with van der Waals surface area (Å²) in [7, 11) is 1.92. The van der Waals surface area contributed by atoms with Gasteiger partial charge in [-0.05, 0) is 38.2 Å². The highest BCUT2D eigenvalue weighted by Gasteiger charge is 2.43. The maximum absolute atomic E-state index is 5.68. The fourth-order valence-corrected chi connectivity index (χ4v) is 5.26. The van der Waals surface area contributed by atoms with Crippen molar-refractivity contribution in [2.24, 2.45) is 10.4 Å². The molecule has 1 aliphatic carbocycles. The van der Waals surface area contributed by atoms with Crippen LogP contribution in [-0.2, 0) is 10.2 Å². The van der Waals surface area contributed by atoms with E-state index < -0.39 is 0 Å². The number of hydrogen-bond donors (Lipinski definition) is 1. The first-order valence-corrected chi connectivity index (χ1v) is 10.3. The van der Waals surface area contributed by atoms with Crippen molar-refractivity contribution in [1.29, 1.82) is 0 Å². The maximum atomic E-state index is 5.68. The normalized spacial score (nSPS) is 27.2. The van der Waals surface area contributed by atoms with Gasteiger partial charge in [-0.15, -0.1) is 24.0 Å². The SMILES string of the molecule is CN=C(NCC1(c2cccc(C)c2)CCCC1)N1CCC2(CCOC2)C1.I. The number of hydrogen-bond acceptors (Lipinski definition) is 2. The number of aliphatic imine (C=N–C) groups is 1. The Labute approximate surface area is 181 Å². The summed E-state index contributed by atoms with van der Waals surface area (Å²) in [6, 6.07) is 9.12. The summed E-state index contributed by atoms with van der Waals surface area (Å²) >= 11 is 0. The molecule has 1 N–H and O–H groups in total. The van der Waals surface area contributed by atoms with Gasteiger partial charge in [0.25, 0.3) is 0 Å². The summed E-state index contributed by atoms with van der Waals surface area (Å²) in [6.07, 6.45) is 7.65. The average molecular weight is 483 g/mol. The van der Waals surface area contributed by atoms with Gasteiger partial charge in [0.05, 0.1) is 6.61 Å². The van der Waals surface area contributed by atoms with Crippen molar-refractivity contribution < 1.29 is 4.74 Å². The first-order chi connectivity index (χ1) is 12.6. The first-order valence-electron chi connectivity index (χ1n) is 10.3. The summed E-state index contributed by atoms with van der Waals surface area (Å²) in [4.78, 5) is 7.07. The van der Waals surface area contributed by atoms with Crippen molar-refractivity contribution in [3.63, 3.8) is 0 Å². The molecule has 3 fully saturated rings. The van der Waals surface area contributed by atoms with Crippen molar-refractivity contribution in [2.75, 3.05) is 39.9 Å². The van der Waals surface area contributed by atoms with Crippen molar-refractivity contribution in [3.8, 4) is 0 Å². The van der Waals surface area contributed by atoms with Gasteiger partial charge in [0.15, 0.2) is 5.96 Å². The van der Waals surface area contributed by atoms with Crippen LogP contribution in [0.5, 0.6) is 0 Å². The molecule has 2 aliphatic heterocycles. The molecule has 0 amide bonds. The number of aryl methyl sites for hydroxylation is 1. The molecule has 2 saturated heterocycles. The summed E-state index contributed by atoms with van der Waals surface area (Å²) in [5.74, 6) is 1.08. The molecule has 1 aromatic rings. The Balaban J connectivity index is 0.00000210. The lowest BCUT2D eigenvalue weighted by atomic mass is 9.78. The Morgan fingerprint density at radius 3 is 2.70 bits per heavy atom. The molecule has 5 heteroatoms. The van der Waals surface area contributed by atoms with Crippen LogP contribution in [0.1, 0.15) is 49.7 Å². The van der Waals surface area contributed by atoms with E-state index in [1.54, 1.807) is 0 Å². The number of guanidine groups is 1. The van der Waals surface area contributed by atoms with E-state index in [1.807, 2.05) is 7.05 Å². The van der Waals surface area contributed by atoms with Crippen LogP contribution in [-0.4, -0.2) is 50.8 Å². The highest BCUT2D eigenvalue weighted by atomic mass is 127. The molecule has 2 heterocycles. The Kier molecular flexibility index (Phi) is 6.72. The quantitative estimate of drug-likeness (QED) is 0.400. The molecule has 1 aromatic carbocycles. The molecular weight excluding hydrogens is 449 g/mol. The fraction of sp³-hybridized carbons (Fsp3) is 0.682. The van der Waals surface area contributed by atoms with Crippen LogP contribution in [0.15, 0.2) is 29.3 Å². The molecule has 150 valence electrons. The smallest absolute Gasteiger partial charge is 0.193 e. The molecule has 1 spiro atoms. The minimum absolute atomic E-state index is 0. The Morgan fingerprint density at radius 2 is 2.04 bits per heavy atom. The number of rotatable bonds is 3. The van der Waals surface area contributed by atoms with Crippen LogP contribution in [0.4, 0.5) is 0 Å². The van der Waals surface area contributed by atoms with E-state index in [0.717, 1.165) is 38.8 Å². The van der Waals surface area contributed by atoms with Gasteiger partial charge in [0.1, 0.15) is 0 Å². The fourth-order valence-electron chi connectivity index (χ4n) is 5.26. The van der Waals surface area contributed by atoms with Gasteiger partial charge in [-0.3, -0.25) is 4.99 Å². The third-order valence-corrected chi connectivity index (χ3v) is 6.91. The second kappa shape index (κ2) is 8.68. The summed E-state index contributed by atoms with van der Waals surface area (Å²) in [5, 5.41) is 3.75. The summed E-state index contributed by atoms with van der Waals surface area (Å²) < 4.78 is 5.68. The van der Waals surface area contributed by atoms with E-state index in [1.165, 1.54) is 49.7 Å². The Hall–Kier alpha value is -0.820. The Bertz CT molecular complexity index is 663. The lowest BCUT2D eigenvalue weighted by molar-refractivity contribution is 0.156. The molecule has 1 atom stereocenters. The summed E-state index contributed by atoms with van der Waals surface area (Å²) in [5.41, 5.74) is 3.50. The van der Waals surface area contributed by atoms with Crippen LogP contribution < -0.4 is 5.32 Å². The minimum atomic E-state index is 0. The zero-order chi connectivity index (χ0) is 18.0. The predicted molar refractivity (Wildman–Crippen MR) is 122 cm³/mol. The lowest BCUT2D eigenvalue weighted by Crippen LogP contribution is -2.46. The van der Waals surface area contributed by atoms with Gasteiger partial charge in [-0.2, -0.15) is 0 Å². The lowest BCUT2D eigenvalue weighted by Gasteiger charge is -2.33. The molecular formula is C22H34IN3O. The number of benzene rings is 1. The van der Waals surface area contributed by atoms with E-state index in [4.69, 9.17) is 4.74 Å². The number of likely N-dealkylation sites (tertiary alicyclic amines) is 1. The number of nitrogens with one attached hydrogen (secondary N) is 1. The zero-order valence-corrected chi connectivity index (χ0v) is 19.1. The third kappa shape index (κ3) is 4.29. The van der Waals surface area contributed by atoms with Gasteiger partial charge >= 0.3 is 0 Å². The van der Waals surface area contributed by atoms with Crippen LogP contribution in [0, 0.1) is 12.3 Å². The maximum Gasteiger partial charge on any atom is 0.193 e. The number of ether oxygens (including phenoxy) is 1. The second-order valence-electron chi connectivity index (χ2n) is 8.73. The highest BCUT2D eigenvalue weighted by Crippen LogP contribution is 2.41. The largest absolute Gasteiger partial charge is 0.381 e. The molecule has 0 aromatic heterocycles. The van der Waals surface area contributed by atoms with E-state index in [2.05, 4.69) is 46.4 Å². The molecule has 4 rings (SSSR count). The topological polar surface area (TPSA) is 36.9 Å². The summed E-state index contributed by atoms with van der Waals surface area (Å²) in [6.45, 7) is 7.23. The van der Waals surface area contributed by atoms with Gasteiger partial charge in [0, 0.05) is 44.1 Å². The van der Waals surface area contributed by atoms with Gasteiger partial charge in [0.2, 0.25) is 0 Å². The standard InChI is InChI=1S/C22H33N3O.HI/c1-18-6-5-7-19(14-18)22(8-3-4-9-22)15-24-20(23-2)25-12-10-21(16-25)11-13-26-17-21;/h5-7,14H,3-4,8-13,15-17H2,1-2H3,(H,23,24);1H. The van der Waals surface area contributed by atoms with Gasteiger partial charge in [-0.25, -0.2) is 0 Å². The second-order valence-corrected chi connectivity index (χ2v) is 8.73. The van der Waals surface area contributed by atoms with E-state index in [0.29, 0.717) is 5.41 Å². The van der Waals surface area contributed by atoms with E-state index in [-0.39, 0.29) is 29.4 Å². The van der Waals surface area contributed by atoms with Crippen molar-refractivity contribution >= 4 is 29.9 Å². The molecule has 0 bridgehead atoms. The van der Waals surface area contributed by atoms with E-state index in [9.17, 15) is 0 Å². The molecule has 4 nitrogen and oxygen atoms in total. The van der Waals surface area contributed by atoms with Gasteiger partial charge in [-0.1, -0.05) is 42.7 Å². The van der Waals surface area contributed by atoms with Crippen molar-refractivity contribution in [2.45, 2.75) is 50.9 Å². The molecule has 0 radical (unpaired) electrons. The van der Waals surface area contributed by atoms with Gasteiger partial charge < -0.3 is 15.0 Å². The number of halogens is 1. The third-order valence-electron chi connectivity index (χ3n) is 6.91. The van der Waals surface area contributed by atoms with Crippen LogP contribution >= 0.6 is 24.0 Å². The van der Waals surface area contributed by atoms with Crippen molar-refractivity contribution in [1.82, 2.24) is 10.2 Å². The molecule has 27 heavy (non-hydrogen) atoms. The van der Waals surface area contributed by atoms with E-state index >= 15 is 0 Å². The molecule has 1 saturated carbocycles. The van der Waals surface area contributed by atoms with Crippen LogP contribution in [0.25, 0.3) is 0 Å². The number of nitrogens with zero attached hydrogens (tertiary/aromatic N) is 2.